The van der Waals surface area contributed by atoms with Crippen molar-refractivity contribution in [1.29, 1.82) is 0 Å². The van der Waals surface area contributed by atoms with Crippen LogP contribution in [0, 0.1) is 30.6 Å². The van der Waals surface area contributed by atoms with E-state index in [2.05, 4.69) is 55.2 Å². The van der Waals surface area contributed by atoms with E-state index in [1.807, 2.05) is 4.90 Å². The number of aryl methyl sites for hydroxylation is 1. The molecule has 30 heavy (non-hydrogen) atoms. The second-order valence-corrected chi connectivity index (χ2v) is 9.30. The summed E-state index contributed by atoms with van der Waals surface area (Å²) in [5, 5.41) is 0. The summed E-state index contributed by atoms with van der Waals surface area (Å²) < 4.78 is 0. The molecule has 2 heterocycles. The van der Waals surface area contributed by atoms with Crippen molar-refractivity contribution in [3.05, 3.63) is 42.0 Å². The number of hydrogen-bond acceptors (Lipinski definition) is 4. The van der Waals surface area contributed by atoms with E-state index < -0.39 is 0 Å². The summed E-state index contributed by atoms with van der Waals surface area (Å²) in [4.78, 5) is 44.0. The topological polar surface area (TPSA) is 60.9 Å². The Morgan fingerprint density at radius 3 is 2.23 bits per heavy atom. The third-order valence-corrected chi connectivity index (χ3v) is 7.46. The third-order valence-electron chi connectivity index (χ3n) is 7.46. The van der Waals surface area contributed by atoms with Gasteiger partial charge in [0.05, 0.1) is 11.8 Å². The van der Waals surface area contributed by atoms with E-state index in [0.717, 1.165) is 13.0 Å². The van der Waals surface area contributed by atoms with Crippen LogP contribution in [0.15, 0.2) is 36.4 Å². The Bertz CT molecular complexity index is 879. The van der Waals surface area contributed by atoms with Gasteiger partial charge in [-0.2, -0.15) is 0 Å². The lowest BCUT2D eigenvalue weighted by Crippen LogP contribution is -2.54. The van der Waals surface area contributed by atoms with Crippen molar-refractivity contribution in [2.24, 2.45) is 23.7 Å². The van der Waals surface area contributed by atoms with Gasteiger partial charge in [0.1, 0.15) is 0 Å². The molecule has 1 saturated carbocycles. The zero-order chi connectivity index (χ0) is 21.0. The van der Waals surface area contributed by atoms with E-state index in [1.165, 1.54) is 16.2 Å². The fourth-order valence-electron chi connectivity index (χ4n) is 5.85. The minimum atomic E-state index is -0.180. The molecule has 158 valence electrons. The number of rotatable bonds is 4. The molecule has 4 aliphatic rings. The van der Waals surface area contributed by atoms with Crippen LogP contribution in [-0.2, 0) is 14.4 Å². The monoisotopic (exact) mass is 407 g/mol. The predicted octanol–water partition coefficient (Wildman–Crippen LogP) is 2.23. The van der Waals surface area contributed by atoms with Crippen molar-refractivity contribution in [3.8, 4) is 0 Å². The second kappa shape index (κ2) is 7.25. The SMILES string of the molecule is Cc1ccc(N2CCN(C(=O)CCN3C(=O)[C@@H]4[C@H](C3=O)[C@H]3C=C[C@H]4C3)C[C@H]2C)cc1. The van der Waals surface area contributed by atoms with Crippen LogP contribution in [0.4, 0.5) is 5.69 Å². The lowest BCUT2D eigenvalue weighted by molar-refractivity contribution is -0.141. The summed E-state index contributed by atoms with van der Waals surface area (Å²) in [6.45, 7) is 6.54. The molecule has 0 unspecified atom stereocenters. The maximum atomic E-state index is 12.8. The van der Waals surface area contributed by atoms with Crippen LogP contribution in [0.25, 0.3) is 0 Å². The summed E-state index contributed by atoms with van der Waals surface area (Å²) in [5.41, 5.74) is 2.42. The van der Waals surface area contributed by atoms with Crippen LogP contribution in [0.1, 0.15) is 25.3 Å². The van der Waals surface area contributed by atoms with Crippen LogP contribution < -0.4 is 4.90 Å². The fraction of sp³-hybridized carbons (Fsp3) is 0.542. The minimum absolute atomic E-state index is 0.0316. The van der Waals surface area contributed by atoms with Gasteiger partial charge in [0.25, 0.3) is 0 Å². The quantitative estimate of drug-likeness (QED) is 0.567. The molecule has 1 aromatic carbocycles. The molecule has 3 fully saturated rings. The normalized spacial score (nSPS) is 32.3. The molecular weight excluding hydrogens is 378 g/mol. The van der Waals surface area contributed by atoms with Crippen molar-refractivity contribution in [2.45, 2.75) is 32.7 Å². The van der Waals surface area contributed by atoms with Gasteiger partial charge in [0.15, 0.2) is 0 Å². The van der Waals surface area contributed by atoms with Crippen molar-refractivity contribution >= 4 is 23.4 Å². The molecule has 0 aromatic heterocycles. The number of allylic oxidation sites excluding steroid dienone is 2. The molecule has 6 nitrogen and oxygen atoms in total. The highest BCUT2D eigenvalue weighted by Crippen LogP contribution is 2.52. The zero-order valence-electron chi connectivity index (χ0n) is 17.7. The lowest BCUT2D eigenvalue weighted by Gasteiger charge is -2.41. The number of amides is 3. The van der Waals surface area contributed by atoms with Crippen LogP contribution >= 0.6 is 0 Å². The number of likely N-dealkylation sites (tertiary alicyclic amines) is 1. The van der Waals surface area contributed by atoms with Gasteiger partial charge in [-0.15, -0.1) is 0 Å². The van der Waals surface area contributed by atoms with E-state index >= 15 is 0 Å². The number of anilines is 1. The van der Waals surface area contributed by atoms with Gasteiger partial charge < -0.3 is 9.80 Å². The molecule has 2 bridgehead atoms. The Hall–Kier alpha value is -2.63. The number of hydrogen-bond donors (Lipinski definition) is 0. The molecule has 0 radical (unpaired) electrons. The van der Waals surface area contributed by atoms with Gasteiger partial charge in [0, 0.05) is 44.3 Å². The molecule has 6 heteroatoms. The first-order valence-corrected chi connectivity index (χ1v) is 11.1. The van der Waals surface area contributed by atoms with Gasteiger partial charge in [-0.25, -0.2) is 0 Å². The van der Waals surface area contributed by atoms with E-state index in [-0.39, 0.29) is 60.4 Å². The molecule has 5 rings (SSSR count). The maximum Gasteiger partial charge on any atom is 0.233 e. The number of nitrogens with zero attached hydrogens (tertiary/aromatic N) is 3. The molecule has 2 saturated heterocycles. The molecule has 1 aromatic rings. The first-order valence-electron chi connectivity index (χ1n) is 11.1. The van der Waals surface area contributed by atoms with E-state index in [9.17, 15) is 14.4 Å². The first kappa shape index (κ1) is 19.3. The van der Waals surface area contributed by atoms with Crippen LogP contribution in [0.2, 0.25) is 0 Å². The average Bonchev–Trinajstić information content (AvgIpc) is 3.41. The Kier molecular flexibility index (Phi) is 4.68. The highest BCUT2D eigenvalue weighted by atomic mass is 16.2. The van der Waals surface area contributed by atoms with Crippen molar-refractivity contribution in [1.82, 2.24) is 9.80 Å². The van der Waals surface area contributed by atoms with Gasteiger partial charge in [-0.3, -0.25) is 19.3 Å². The summed E-state index contributed by atoms with van der Waals surface area (Å²) in [6, 6.07) is 8.71. The minimum Gasteiger partial charge on any atom is -0.365 e. The number of carbonyl (C=O) groups excluding carboxylic acids is 3. The Morgan fingerprint density at radius 2 is 1.63 bits per heavy atom. The van der Waals surface area contributed by atoms with Crippen LogP contribution in [0.3, 0.4) is 0 Å². The summed E-state index contributed by atoms with van der Waals surface area (Å²) in [7, 11) is 0. The van der Waals surface area contributed by atoms with Crippen LogP contribution in [-0.4, -0.2) is 59.7 Å². The lowest BCUT2D eigenvalue weighted by atomic mass is 9.85. The Balaban J connectivity index is 1.17. The molecule has 0 spiro atoms. The molecule has 5 atom stereocenters. The molecular formula is C24H29N3O3. The number of fused-ring (bicyclic) bond motifs is 5. The number of piperazine rings is 1. The van der Waals surface area contributed by atoms with Crippen molar-refractivity contribution < 1.29 is 14.4 Å². The smallest absolute Gasteiger partial charge is 0.233 e. The number of benzene rings is 1. The van der Waals surface area contributed by atoms with Gasteiger partial charge in [-0.05, 0) is 44.2 Å². The van der Waals surface area contributed by atoms with Crippen molar-refractivity contribution in [3.63, 3.8) is 0 Å². The van der Waals surface area contributed by atoms with E-state index in [0.29, 0.717) is 13.1 Å². The van der Waals surface area contributed by atoms with E-state index in [1.54, 1.807) is 0 Å². The summed E-state index contributed by atoms with van der Waals surface area (Å²) in [5.74, 6) is -0.0226. The van der Waals surface area contributed by atoms with Crippen LogP contribution in [0.5, 0.6) is 0 Å². The fourth-order valence-corrected chi connectivity index (χ4v) is 5.85. The molecule has 2 aliphatic carbocycles. The van der Waals surface area contributed by atoms with Crippen molar-refractivity contribution in [2.75, 3.05) is 31.1 Å². The first-order chi connectivity index (χ1) is 14.4. The number of imide groups is 1. The predicted molar refractivity (Wildman–Crippen MR) is 114 cm³/mol. The highest BCUT2D eigenvalue weighted by Gasteiger charge is 2.59. The Morgan fingerprint density at radius 1 is 1.00 bits per heavy atom. The maximum absolute atomic E-state index is 12.8. The standard InChI is InChI=1S/C24H29N3O3/c1-15-3-7-19(8-4-15)26-12-11-25(14-16(26)2)20(28)9-10-27-23(29)21-17-5-6-18(13-17)22(21)24(27)30/h3-8,16-18,21-22H,9-14H2,1-2H3/t16-,17+,18+,21-,22+/m1/s1. The summed E-state index contributed by atoms with van der Waals surface area (Å²) in [6.07, 6.45) is 5.35. The zero-order valence-corrected chi connectivity index (χ0v) is 17.7. The molecule has 0 N–H and O–H groups in total. The largest absolute Gasteiger partial charge is 0.365 e. The third kappa shape index (κ3) is 3.04. The number of carbonyl (C=O) groups is 3. The Labute approximate surface area is 177 Å². The van der Waals surface area contributed by atoms with Gasteiger partial charge >= 0.3 is 0 Å². The van der Waals surface area contributed by atoms with Gasteiger partial charge in [0.2, 0.25) is 17.7 Å². The second-order valence-electron chi connectivity index (χ2n) is 9.30. The van der Waals surface area contributed by atoms with E-state index in [4.69, 9.17) is 0 Å². The molecule has 3 amide bonds. The average molecular weight is 408 g/mol. The highest BCUT2D eigenvalue weighted by molar-refractivity contribution is 6.06. The van der Waals surface area contributed by atoms with Gasteiger partial charge in [-0.1, -0.05) is 29.8 Å². The summed E-state index contributed by atoms with van der Waals surface area (Å²) >= 11 is 0. The molecule has 2 aliphatic heterocycles.